The van der Waals surface area contributed by atoms with E-state index in [0.29, 0.717) is 5.56 Å². The second-order valence-corrected chi connectivity index (χ2v) is 3.38. The first-order chi connectivity index (χ1) is 6.63. The van der Waals surface area contributed by atoms with Gasteiger partial charge >= 0.3 is 5.97 Å². The molecule has 1 aromatic heterocycles. The van der Waals surface area contributed by atoms with E-state index in [0.717, 1.165) is 6.42 Å². The van der Waals surface area contributed by atoms with Gasteiger partial charge < -0.3 is 4.74 Å². The Kier molecular flexibility index (Phi) is 3.63. The van der Waals surface area contributed by atoms with Gasteiger partial charge in [0.1, 0.15) is 7.05 Å². The fourth-order valence-electron chi connectivity index (χ4n) is 0.971. The van der Waals surface area contributed by atoms with E-state index in [-0.39, 0.29) is 12.1 Å². The predicted molar refractivity (Wildman–Crippen MR) is 52.8 cm³/mol. The third kappa shape index (κ3) is 2.83. The number of nitrogens with zero attached hydrogens (tertiary/aromatic N) is 1. The molecule has 3 nitrogen and oxygen atoms in total. The summed E-state index contributed by atoms with van der Waals surface area (Å²) in [6.45, 7) is 3.88. The summed E-state index contributed by atoms with van der Waals surface area (Å²) in [6, 6.07) is 3.51. The van der Waals surface area contributed by atoms with Gasteiger partial charge in [-0.15, -0.1) is 0 Å². The summed E-state index contributed by atoms with van der Waals surface area (Å²) >= 11 is 0. The lowest BCUT2D eigenvalue weighted by Gasteiger charge is -2.09. The summed E-state index contributed by atoms with van der Waals surface area (Å²) in [5, 5.41) is 0. The average molecular weight is 194 g/mol. The van der Waals surface area contributed by atoms with Crippen LogP contribution in [-0.2, 0) is 11.8 Å². The molecule has 0 spiro atoms. The van der Waals surface area contributed by atoms with Crippen molar-refractivity contribution in [2.24, 2.45) is 7.05 Å². The smallest absolute Gasteiger partial charge is 0.338 e. The number of ether oxygens (including phenoxy) is 1. The lowest BCUT2D eigenvalue weighted by Crippen LogP contribution is -2.26. The van der Waals surface area contributed by atoms with Crippen LogP contribution in [0, 0.1) is 0 Å². The first-order valence-electron chi connectivity index (χ1n) is 4.79. The van der Waals surface area contributed by atoms with E-state index >= 15 is 0 Å². The molecule has 0 aliphatic rings. The third-order valence-corrected chi connectivity index (χ3v) is 2.10. The molecule has 3 heteroatoms. The van der Waals surface area contributed by atoms with E-state index in [1.165, 1.54) is 0 Å². The van der Waals surface area contributed by atoms with Gasteiger partial charge in [-0.25, -0.2) is 9.36 Å². The number of carbonyl (C=O) groups excluding carboxylic acids is 1. The molecule has 76 valence electrons. The highest BCUT2D eigenvalue weighted by atomic mass is 16.5. The molecule has 0 amide bonds. The Balaban J connectivity index is 2.65. The Morgan fingerprint density at radius 2 is 2.07 bits per heavy atom. The molecule has 1 aromatic rings. The fraction of sp³-hybridized carbons (Fsp3) is 0.455. The number of pyridine rings is 1. The summed E-state index contributed by atoms with van der Waals surface area (Å²) in [5.41, 5.74) is 0.600. The van der Waals surface area contributed by atoms with Gasteiger partial charge in [0.05, 0.1) is 11.7 Å². The molecule has 1 heterocycles. The zero-order chi connectivity index (χ0) is 10.6. The Morgan fingerprint density at radius 3 is 2.57 bits per heavy atom. The standard InChI is InChI=1S/C11H16NO2/c1-4-9(2)14-11(13)10-5-7-12(3)8-6-10/h5-9H,4H2,1-3H3/q+1. The monoisotopic (exact) mass is 194 g/mol. The number of aromatic nitrogens is 1. The number of esters is 1. The van der Waals surface area contributed by atoms with Crippen molar-refractivity contribution in [3.8, 4) is 0 Å². The zero-order valence-electron chi connectivity index (χ0n) is 8.86. The number of hydrogen-bond acceptors (Lipinski definition) is 2. The topological polar surface area (TPSA) is 30.2 Å². The van der Waals surface area contributed by atoms with Gasteiger partial charge in [0.25, 0.3) is 0 Å². The highest BCUT2D eigenvalue weighted by molar-refractivity contribution is 5.89. The molecule has 0 saturated heterocycles. The molecule has 0 N–H and O–H groups in total. The van der Waals surface area contributed by atoms with E-state index in [1.807, 2.05) is 37.9 Å². The molecule has 0 fully saturated rings. The lowest BCUT2D eigenvalue weighted by molar-refractivity contribution is -0.671. The van der Waals surface area contributed by atoms with E-state index in [9.17, 15) is 4.79 Å². The van der Waals surface area contributed by atoms with Crippen molar-refractivity contribution in [1.29, 1.82) is 0 Å². The first-order valence-corrected chi connectivity index (χ1v) is 4.79. The van der Waals surface area contributed by atoms with Crippen LogP contribution in [0.1, 0.15) is 30.6 Å². The summed E-state index contributed by atoms with van der Waals surface area (Å²) in [7, 11) is 1.91. The van der Waals surface area contributed by atoms with Gasteiger partial charge in [-0.2, -0.15) is 0 Å². The molecule has 1 atom stereocenters. The van der Waals surface area contributed by atoms with E-state index in [1.54, 1.807) is 12.1 Å². The average Bonchev–Trinajstić information content (AvgIpc) is 2.18. The second kappa shape index (κ2) is 4.74. The molecule has 0 radical (unpaired) electrons. The summed E-state index contributed by atoms with van der Waals surface area (Å²) in [5.74, 6) is -0.250. The first kappa shape index (κ1) is 10.7. The van der Waals surface area contributed by atoms with Gasteiger partial charge in [0, 0.05) is 12.1 Å². The molecule has 0 aliphatic carbocycles. The number of aryl methyl sites for hydroxylation is 1. The minimum atomic E-state index is -0.250. The van der Waals surface area contributed by atoms with Crippen LogP contribution >= 0.6 is 0 Å². The quantitative estimate of drug-likeness (QED) is 0.538. The van der Waals surface area contributed by atoms with Crippen LogP contribution in [0.3, 0.4) is 0 Å². The molecular formula is C11H16NO2+. The number of rotatable bonds is 3. The normalized spacial score (nSPS) is 12.2. The van der Waals surface area contributed by atoms with Crippen molar-refractivity contribution < 1.29 is 14.1 Å². The molecule has 0 aliphatic heterocycles. The van der Waals surface area contributed by atoms with Gasteiger partial charge in [-0.3, -0.25) is 0 Å². The maximum atomic E-state index is 11.5. The van der Waals surface area contributed by atoms with Crippen molar-refractivity contribution in [3.63, 3.8) is 0 Å². The highest BCUT2D eigenvalue weighted by Gasteiger charge is 2.11. The number of carbonyl (C=O) groups is 1. The van der Waals surface area contributed by atoms with Crippen molar-refractivity contribution in [2.75, 3.05) is 0 Å². The summed E-state index contributed by atoms with van der Waals surface area (Å²) in [4.78, 5) is 11.5. The minimum Gasteiger partial charge on any atom is -0.459 e. The molecule has 0 aromatic carbocycles. The van der Waals surface area contributed by atoms with Crippen LogP contribution in [0.2, 0.25) is 0 Å². The molecular weight excluding hydrogens is 178 g/mol. The molecule has 1 unspecified atom stereocenters. The van der Waals surface area contributed by atoms with Crippen LogP contribution in [0.15, 0.2) is 24.5 Å². The van der Waals surface area contributed by atoms with E-state index in [2.05, 4.69) is 0 Å². The van der Waals surface area contributed by atoms with Crippen LogP contribution in [0.5, 0.6) is 0 Å². The Hall–Kier alpha value is -1.38. The molecule has 1 rings (SSSR count). The van der Waals surface area contributed by atoms with Crippen LogP contribution in [0.4, 0.5) is 0 Å². The zero-order valence-corrected chi connectivity index (χ0v) is 8.86. The fourth-order valence-corrected chi connectivity index (χ4v) is 0.971. The maximum Gasteiger partial charge on any atom is 0.338 e. The third-order valence-electron chi connectivity index (χ3n) is 2.10. The minimum absolute atomic E-state index is 0.0172. The Bertz CT molecular complexity index is 306. The SMILES string of the molecule is CCC(C)OC(=O)c1cc[n+](C)cc1. The van der Waals surface area contributed by atoms with Crippen molar-refractivity contribution >= 4 is 5.97 Å². The lowest BCUT2D eigenvalue weighted by atomic mass is 10.2. The molecule has 14 heavy (non-hydrogen) atoms. The van der Waals surface area contributed by atoms with Gasteiger partial charge in [0.15, 0.2) is 12.4 Å². The second-order valence-electron chi connectivity index (χ2n) is 3.38. The summed E-state index contributed by atoms with van der Waals surface area (Å²) < 4.78 is 7.05. The predicted octanol–water partition coefficient (Wildman–Crippen LogP) is 1.47. The van der Waals surface area contributed by atoms with Gasteiger partial charge in [0.2, 0.25) is 0 Å². The largest absolute Gasteiger partial charge is 0.459 e. The Morgan fingerprint density at radius 1 is 1.50 bits per heavy atom. The Labute approximate surface area is 84.3 Å². The van der Waals surface area contributed by atoms with Crippen LogP contribution in [-0.4, -0.2) is 12.1 Å². The van der Waals surface area contributed by atoms with Crippen LogP contribution < -0.4 is 4.57 Å². The molecule has 0 saturated carbocycles. The van der Waals surface area contributed by atoms with E-state index in [4.69, 9.17) is 4.74 Å². The molecule has 0 bridgehead atoms. The van der Waals surface area contributed by atoms with Crippen molar-refractivity contribution in [3.05, 3.63) is 30.1 Å². The van der Waals surface area contributed by atoms with Crippen molar-refractivity contribution in [2.45, 2.75) is 26.4 Å². The van der Waals surface area contributed by atoms with Crippen LogP contribution in [0.25, 0.3) is 0 Å². The van der Waals surface area contributed by atoms with Gasteiger partial charge in [-0.05, 0) is 13.3 Å². The van der Waals surface area contributed by atoms with E-state index < -0.39 is 0 Å². The summed E-state index contributed by atoms with van der Waals surface area (Å²) in [6.07, 6.45) is 4.48. The van der Waals surface area contributed by atoms with Crippen molar-refractivity contribution in [1.82, 2.24) is 0 Å². The maximum absolute atomic E-state index is 11.5. The van der Waals surface area contributed by atoms with Gasteiger partial charge in [-0.1, -0.05) is 6.92 Å². The number of hydrogen-bond donors (Lipinski definition) is 0. The highest BCUT2D eigenvalue weighted by Crippen LogP contribution is 2.03.